The lowest BCUT2D eigenvalue weighted by molar-refractivity contribution is -0.157. The van der Waals surface area contributed by atoms with Gasteiger partial charge in [0.2, 0.25) is 28.5 Å². The number of nitrogen functional groups attached to an aromatic ring is 1. The summed E-state index contributed by atoms with van der Waals surface area (Å²) in [7, 11) is 1.25. The monoisotopic (exact) mass is 599 g/mol. The lowest BCUT2D eigenvalue weighted by atomic mass is 9.89. The lowest BCUT2D eigenvalue weighted by Gasteiger charge is -2.53. The number of anilines is 1. The van der Waals surface area contributed by atoms with Crippen LogP contribution in [0.4, 0.5) is 5.13 Å². The van der Waals surface area contributed by atoms with Crippen molar-refractivity contribution in [2.75, 3.05) is 37.4 Å². The molecule has 2 saturated heterocycles. The van der Waals surface area contributed by atoms with Gasteiger partial charge in [-0.2, -0.15) is 9.36 Å². The molecule has 5 N–H and O–H groups in total. The van der Waals surface area contributed by atoms with Gasteiger partial charge in [0, 0.05) is 43.1 Å². The Morgan fingerprint density at radius 1 is 1.41 bits per heavy atom. The highest BCUT2D eigenvalue weighted by molar-refractivity contribution is 8.00. The molecule has 0 aliphatic carbocycles. The quantitative estimate of drug-likeness (QED) is 0.0988. The molecule has 210 valence electrons. The van der Waals surface area contributed by atoms with Crippen molar-refractivity contribution in [2.45, 2.75) is 36.5 Å². The largest absolute Gasteiger partial charge is 0.481 e. The molecule has 2 aromatic heterocycles. The number of amides is 3. The minimum Gasteiger partial charge on any atom is -0.481 e. The normalized spacial score (nSPS) is 23.4. The third kappa shape index (κ3) is 5.91. The number of carbonyl (C=O) groups is 4. The molecule has 3 unspecified atom stereocenters. The first-order valence-corrected chi connectivity index (χ1v) is 14.2. The lowest BCUT2D eigenvalue weighted by Crippen LogP contribution is -2.74. The van der Waals surface area contributed by atoms with Crippen molar-refractivity contribution in [3.05, 3.63) is 5.82 Å². The molecular weight excluding hydrogens is 574 g/mol. The van der Waals surface area contributed by atoms with Gasteiger partial charge in [0.05, 0.1) is 6.04 Å². The third-order valence-corrected chi connectivity index (χ3v) is 9.29. The second-order valence-corrected chi connectivity index (χ2v) is 11.6. The van der Waals surface area contributed by atoms with E-state index >= 15 is 0 Å². The number of carboxylic acids is 1. The van der Waals surface area contributed by atoms with Crippen LogP contribution in [0.15, 0.2) is 10.3 Å². The van der Waals surface area contributed by atoms with Crippen molar-refractivity contribution in [2.24, 2.45) is 10.6 Å². The van der Waals surface area contributed by atoms with E-state index in [0.29, 0.717) is 11.7 Å². The Hall–Kier alpha value is -3.52. The van der Waals surface area contributed by atoms with E-state index < -0.39 is 34.6 Å². The summed E-state index contributed by atoms with van der Waals surface area (Å²) in [5.41, 5.74) is 4.07. The molecule has 17 nitrogen and oxygen atoms in total. The maximum Gasteiger partial charge on any atom is 0.313 e. The Balaban J connectivity index is 1.40. The molecular formula is C19H25N11O6S3. The zero-order valence-electron chi connectivity index (χ0n) is 20.9. The van der Waals surface area contributed by atoms with Gasteiger partial charge in [0.15, 0.2) is 5.13 Å². The molecule has 2 aromatic rings. The number of hydrogen-bond acceptors (Lipinski definition) is 15. The van der Waals surface area contributed by atoms with Gasteiger partial charge in [0.1, 0.15) is 23.9 Å². The number of tetrazole rings is 1. The molecule has 0 bridgehead atoms. The minimum atomic E-state index is -1.28. The van der Waals surface area contributed by atoms with E-state index in [1.54, 1.807) is 0 Å². The Kier molecular flexibility index (Phi) is 8.54. The van der Waals surface area contributed by atoms with Gasteiger partial charge in [0.25, 0.3) is 5.91 Å². The fourth-order valence-electron chi connectivity index (χ4n) is 3.86. The number of carbonyl (C=O) groups excluding carboxylic acids is 3. The number of oxime groups is 1. The average Bonchev–Trinajstić information content (AvgIpc) is 3.56. The molecule has 2 fully saturated rings. The highest BCUT2D eigenvalue weighted by Gasteiger charge is 2.57. The smallest absolute Gasteiger partial charge is 0.313 e. The summed E-state index contributed by atoms with van der Waals surface area (Å²) >= 11 is 3.29. The second kappa shape index (κ2) is 11.7. The van der Waals surface area contributed by atoms with Crippen LogP contribution >= 0.6 is 35.1 Å². The van der Waals surface area contributed by atoms with E-state index in [1.165, 1.54) is 35.4 Å². The van der Waals surface area contributed by atoms with Gasteiger partial charge in [-0.3, -0.25) is 19.2 Å². The van der Waals surface area contributed by atoms with Crippen molar-refractivity contribution < 1.29 is 29.1 Å². The van der Waals surface area contributed by atoms with E-state index in [4.69, 9.17) is 10.6 Å². The first-order chi connectivity index (χ1) is 18.6. The number of aliphatic carboxylic acids is 1. The number of fused-ring (bicyclic) bond motifs is 1. The van der Waals surface area contributed by atoms with Crippen LogP contribution in [-0.4, -0.2) is 112 Å². The zero-order chi connectivity index (χ0) is 28.3. The molecule has 4 atom stereocenters. The van der Waals surface area contributed by atoms with Crippen LogP contribution < -0.4 is 16.4 Å². The van der Waals surface area contributed by atoms with Gasteiger partial charge in [-0.1, -0.05) is 16.9 Å². The van der Waals surface area contributed by atoms with E-state index in [1.807, 2.05) is 6.92 Å². The highest BCUT2D eigenvalue weighted by Crippen LogP contribution is 2.44. The summed E-state index contributed by atoms with van der Waals surface area (Å²) in [5, 5.41) is 30.8. The number of nitrogens with one attached hydrogen (secondary N) is 2. The molecule has 0 saturated carbocycles. The zero-order valence-corrected chi connectivity index (χ0v) is 23.4. The van der Waals surface area contributed by atoms with Crippen LogP contribution in [-0.2, 0) is 24.0 Å². The fraction of sp³-hybridized carbons (Fsp3) is 0.579. The summed E-state index contributed by atoms with van der Waals surface area (Å²) in [5.74, 6) is -2.16. The fourth-order valence-corrected chi connectivity index (χ4v) is 7.13. The molecule has 2 aliphatic rings. The van der Waals surface area contributed by atoms with E-state index in [2.05, 4.69) is 40.7 Å². The molecule has 20 heteroatoms. The SMILES string of the molecule is CON=C(C(=O)NC1C(=O)N2CC(CSc3nnnn3C(C)CNC(C)=O)(C(=O)O)CS[C@H]12)c1nsc(N)n1. The summed E-state index contributed by atoms with van der Waals surface area (Å²) in [6.45, 7) is 3.47. The van der Waals surface area contributed by atoms with E-state index in [-0.39, 0.29) is 46.7 Å². The van der Waals surface area contributed by atoms with Gasteiger partial charge in [-0.25, -0.2) is 4.68 Å². The van der Waals surface area contributed by atoms with Crippen LogP contribution in [0, 0.1) is 5.41 Å². The number of nitrogens with two attached hydrogens (primary N) is 1. The molecule has 0 spiro atoms. The number of carboxylic acid groups (broad SMARTS) is 1. The Bertz CT molecular complexity index is 1300. The number of aromatic nitrogens is 6. The molecule has 2 aliphatic heterocycles. The third-order valence-electron chi connectivity index (χ3n) is 5.94. The first-order valence-electron chi connectivity index (χ1n) is 11.4. The van der Waals surface area contributed by atoms with Crippen LogP contribution in [0.25, 0.3) is 0 Å². The van der Waals surface area contributed by atoms with Crippen LogP contribution in [0.2, 0.25) is 0 Å². The van der Waals surface area contributed by atoms with Gasteiger partial charge in [-0.15, -0.1) is 16.9 Å². The van der Waals surface area contributed by atoms with Crippen molar-refractivity contribution >= 4 is 69.6 Å². The average molecular weight is 600 g/mol. The van der Waals surface area contributed by atoms with Crippen molar-refractivity contribution in [1.29, 1.82) is 0 Å². The first kappa shape index (κ1) is 28.5. The number of thioether (sulfide) groups is 2. The molecule has 39 heavy (non-hydrogen) atoms. The summed E-state index contributed by atoms with van der Waals surface area (Å²) in [6.07, 6.45) is 0. The summed E-state index contributed by atoms with van der Waals surface area (Å²) in [6, 6.07) is -1.15. The highest BCUT2D eigenvalue weighted by atomic mass is 32.2. The topological polar surface area (TPSA) is 233 Å². The van der Waals surface area contributed by atoms with E-state index in [9.17, 15) is 24.3 Å². The molecule has 4 heterocycles. The van der Waals surface area contributed by atoms with Crippen LogP contribution in [0.5, 0.6) is 0 Å². The van der Waals surface area contributed by atoms with Crippen molar-refractivity contribution in [3.8, 4) is 0 Å². The predicted octanol–water partition coefficient (Wildman–Crippen LogP) is -1.58. The predicted molar refractivity (Wildman–Crippen MR) is 140 cm³/mol. The minimum absolute atomic E-state index is 0.0348. The van der Waals surface area contributed by atoms with Crippen molar-refractivity contribution in [1.82, 2.24) is 45.1 Å². The number of β-lactam (4-membered cyclic amide) rings is 1. The number of hydrogen-bond donors (Lipinski definition) is 4. The van der Waals surface area contributed by atoms with Crippen LogP contribution in [0.3, 0.4) is 0 Å². The van der Waals surface area contributed by atoms with Gasteiger partial charge in [-0.05, 0) is 17.4 Å². The van der Waals surface area contributed by atoms with E-state index in [0.717, 1.165) is 23.3 Å². The molecule has 0 aromatic carbocycles. The Labute approximate surface area is 233 Å². The molecule has 0 radical (unpaired) electrons. The van der Waals surface area contributed by atoms with Gasteiger partial charge >= 0.3 is 5.97 Å². The summed E-state index contributed by atoms with van der Waals surface area (Å²) < 4.78 is 5.47. The maximum absolute atomic E-state index is 13.0. The standard InChI is InChI=1S/C19H25N11O6S3/c1-8(4-21-9(2)31)30-18(24-27-28-30)38-7-19(16(34)35)5-29-14(33)11(15(29)37-6-19)22-13(32)10(25-36-3)12-23-17(20)39-26-12/h8,11,15H,4-7H2,1-3H3,(H,21,31)(H,22,32)(H,34,35)(H2,20,23,26)/t8?,11?,15-,19?/m1/s1. The Morgan fingerprint density at radius 2 is 2.18 bits per heavy atom. The van der Waals surface area contributed by atoms with Crippen LogP contribution in [0.1, 0.15) is 25.7 Å². The van der Waals surface area contributed by atoms with Crippen molar-refractivity contribution in [3.63, 3.8) is 0 Å². The number of rotatable bonds is 11. The maximum atomic E-state index is 13.0. The number of nitrogens with zero attached hydrogens (tertiary/aromatic N) is 8. The summed E-state index contributed by atoms with van der Waals surface area (Å²) in [4.78, 5) is 59.5. The molecule has 3 amide bonds. The second-order valence-electron chi connectivity index (χ2n) is 8.76. The van der Waals surface area contributed by atoms with Gasteiger partial charge < -0.3 is 31.2 Å². The molecule has 4 rings (SSSR count). The Morgan fingerprint density at radius 3 is 2.82 bits per heavy atom.